The van der Waals surface area contributed by atoms with Gasteiger partial charge in [0, 0.05) is 13.1 Å². The Hall–Kier alpha value is -4.52. The molecule has 1 rings (SSSR count). The van der Waals surface area contributed by atoms with E-state index in [0.717, 1.165) is 0 Å². The van der Waals surface area contributed by atoms with Crippen LogP contribution in [0.4, 0.5) is 0 Å². The normalized spacial score (nSPS) is 16.4. The van der Waals surface area contributed by atoms with Crippen LogP contribution in [0, 0.1) is 0 Å². The van der Waals surface area contributed by atoms with E-state index < -0.39 is 85.2 Å². The van der Waals surface area contributed by atoms with Gasteiger partial charge in [-0.3, -0.25) is 33.8 Å². The van der Waals surface area contributed by atoms with Gasteiger partial charge in [-0.1, -0.05) is 0 Å². The second kappa shape index (κ2) is 17.2. The largest absolute Gasteiger partial charge is 0.481 e. The van der Waals surface area contributed by atoms with E-state index in [4.69, 9.17) is 17.2 Å². The van der Waals surface area contributed by atoms with E-state index in [1.54, 1.807) is 0 Å². The van der Waals surface area contributed by atoms with Gasteiger partial charge < -0.3 is 58.7 Å². The average molecular weight is 588 g/mol. The Morgan fingerprint density at radius 2 is 1.63 bits per heavy atom. The lowest BCUT2D eigenvalue weighted by Crippen LogP contribution is -2.58. The Labute approximate surface area is 234 Å². The molecule has 0 radical (unpaired) electrons. The molecule has 13 N–H and O–H groups in total. The van der Waals surface area contributed by atoms with Gasteiger partial charge in [0.2, 0.25) is 29.5 Å². The van der Waals surface area contributed by atoms with E-state index in [-0.39, 0.29) is 44.9 Å². The molecule has 0 spiro atoms. The number of carboxylic acid groups (broad SMARTS) is 2. The fourth-order valence-electron chi connectivity index (χ4n) is 3.87. The number of hydrogen-bond donors (Lipinski definition) is 10. The van der Waals surface area contributed by atoms with E-state index >= 15 is 0 Å². The van der Waals surface area contributed by atoms with Crippen molar-refractivity contribution in [3.8, 4) is 0 Å². The van der Waals surface area contributed by atoms with E-state index in [9.17, 15) is 48.9 Å². The van der Waals surface area contributed by atoms with Gasteiger partial charge >= 0.3 is 11.9 Å². The molecule has 0 saturated carbocycles. The van der Waals surface area contributed by atoms with Crippen molar-refractivity contribution in [3.63, 3.8) is 0 Å². The van der Waals surface area contributed by atoms with Crippen molar-refractivity contribution in [3.05, 3.63) is 0 Å². The first-order chi connectivity index (χ1) is 19.3. The first-order valence-corrected chi connectivity index (χ1v) is 12.6. The number of nitrogens with two attached hydrogens (primary N) is 3. The Kier molecular flexibility index (Phi) is 14.5. The van der Waals surface area contributed by atoms with Crippen LogP contribution in [0.3, 0.4) is 0 Å². The molecule has 230 valence electrons. The highest BCUT2D eigenvalue weighted by molar-refractivity contribution is 5.97. The topological polar surface area (TPSA) is 322 Å². The number of aliphatic hydroxyl groups is 1. The summed E-state index contributed by atoms with van der Waals surface area (Å²) in [5.74, 6) is -7.33. The summed E-state index contributed by atoms with van der Waals surface area (Å²) in [5, 5.41) is 36.7. The summed E-state index contributed by atoms with van der Waals surface area (Å²) in [5.41, 5.74) is 15.7. The Morgan fingerprint density at radius 1 is 0.951 bits per heavy atom. The lowest BCUT2D eigenvalue weighted by atomic mass is 10.1. The SMILES string of the molecule is NCC(=O)N1CCC[C@H]1C(=O)N[C@@H](CC(=O)O)C(=O)N[C@@H](CO)C(=O)NCC(=O)N[C@@H](CCCN=C(N)N)C(=O)O. The minimum Gasteiger partial charge on any atom is -0.481 e. The van der Waals surface area contributed by atoms with Crippen LogP contribution in [0.2, 0.25) is 0 Å². The number of guanidine groups is 1. The van der Waals surface area contributed by atoms with Gasteiger partial charge in [-0.15, -0.1) is 0 Å². The maximum atomic E-state index is 12.8. The third-order valence-corrected chi connectivity index (χ3v) is 5.88. The molecule has 1 heterocycles. The summed E-state index contributed by atoms with van der Waals surface area (Å²) in [6, 6.07) is -5.60. The van der Waals surface area contributed by atoms with Crippen molar-refractivity contribution in [1.29, 1.82) is 0 Å². The molecule has 19 heteroatoms. The fourth-order valence-corrected chi connectivity index (χ4v) is 3.87. The highest BCUT2D eigenvalue weighted by atomic mass is 16.4. The molecule has 0 aromatic carbocycles. The van der Waals surface area contributed by atoms with Crippen LogP contribution < -0.4 is 38.5 Å². The number of nitrogens with one attached hydrogen (secondary N) is 4. The predicted molar refractivity (Wildman–Crippen MR) is 139 cm³/mol. The van der Waals surface area contributed by atoms with Crippen LogP contribution >= 0.6 is 0 Å². The second-order valence-electron chi connectivity index (χ2n) is 8.98. The van der Waals surface area contributed by atoms with Gasteiger partial charge in [0.15, 0.2) is 5.96 Å². The smallest absolute Gasteiger partial charge is 0.326 e. The second-order valence-corrected chi connectivity index (χ2v) is 8.98. The number of aliphatic imine (C=N–C) groups is 1. The summed E-state index contributed by atoms with van der Waals surface area (Å²) in [7, 11) is 0. The first-order valence-electron chi connectivity index (χ1n) is 12.6. The third-order valence-electron chi connectivity index (χ3n) is 5.88. The highest BCUT2D eigenvalue weighted by Crippen LogP contribution is 2.17. The van der Waals surface area contributed by atoms with Crippen LogP contribution in [0.5, 0.6) is 0 Å². The number of aliphatic hydroxyl groups excluding tert-OH is 1. The molecule has 41 heavy (non-hydrogen) atoms. The molecular weight excluding hydrogens is 550 g/mol. The van der Waals surface area contributed by atoms with Crippen LogP contribution in [-0.4, -0.2) is 125 Å². The molecule has 4 atom stereocenters. The molecule has 1 saturated heterocycles. The zero-order valence-corrected chi connectivity index (χ0v) is 22.2. The predicted octanol–water partition coefficient (Wildman–Crippen LogP) is -5.89. The zero-order chi connectivity index (χ0) is 31.1. The van der Waals surface area contributed by atoms with E-state index in [0.29, 0.717) is 6.42 Å². The minimum atomic E-state index is -1.67. The number of amides is 5. The third kappa shape index (κ3) is 12.0. The van der Waals surface area contributed by atoms with Crippen LogP contribution in [-0.2, 0) is 33.6 Å². The quantitative estimate of drug-likeness (QED) is 0.0431. The standard InChI is InChI=1S/C22H37N9O10/c23-8-16(34)31-6-2-4-14(31)20(39)29-12(7-17(35)36)19(38)30-13(10-32)18(37)27-9-15(33)28-11(21(40)41)3-1-5-26-22(24)25/h11-14,32H,1-10,23H2,(H,27,37)(H,28,33)(H,29,39)(H,30,38)(H,35,36)(H,40,41)(H4,24,25,26)/t11-,12-,13-,14-/m0/s1. The molecule has 1 aliphatic rings. The molecule has 1 aliphatic heterocycles. The van der Waals surface area contributed by atoms with Gasteiger partial charge in [-0.25, -0.2) is 4.79 Å². The summed E-state index contributed by atoms with van der Waals surface area (Å²) in [6.45, 7) is -1.63. The molecule has 0 bridgehead atoms. The summed E-state index contributed by atoms with van der Waals surface area (Å²) in [6.07, 6.45) is 0.0942. The van der Waals surface area contributed by atoms with E-state index in [1.807, 2.05) is 0 Å². The van der Waals surface area contributed by atoms with Gasteiger partial charge in [-0.2, -0.15) is 0 Å². The van der Waals surface area contributed by atoms with Crippen molar-refractivity contribution in [2.24, 2.45) is 22.2 Å². The maximum Gasteiger partial charge on any atom is 0.326 e. The summed E-state index contributed by atoms with van der Waals surface area (Å²) < 4.78 is 0. The number of carbonyl (C=O) groups excluding carboxylic acids is 5. The minimum absolute atomic E-state index is 0.0171. The Morgan fingerprint density at radius 3 is 2.20 bits per heavy atom. The van der Waals surface area contributed by atoms with Crippen molar-refractivity contribution in [2.45, 2.75) is 56.3 Å². The molecule has 0 unspecified atom stereocenters. The van der Waals surface area contributed by atoms with E-state index in [2.05, 4.69) is 26.3 Å². The first kappa shape index (κ1) is 34.5. The van der Waals surface area contributed by atoms with Crippen molar-refractivity contribution in [1.82, 2.24) is 26.2 Å². The van der Waals surface area contributed by atoms with Crippen molar-refractivity contribution in [2.75, 3.05) is 32.8 Å². The van der Waals surface area contributed by atoms with Crippen LogP contribution in [0.25, 0.3) is 0 Å². The van der Waals surface area contributed by atoms with Crippen LogP contribution in [0.1, 0.15) is 32.1 Å². The van der Waals surface area contributed by atoms with Crippen LogP contribution in [0.15, 0.2) is 4.99 Å². The lowest BCUT2D eigenvalue weighted by molar-refractivity contribution is -0.143. The van der Waals surface area contributed by atoms with Gasteiger partial charge in [0.1, 0.15) is 24.2 Å². The number of aliphatic carboxylic acids is 2. The monoisotopic (exact) mass is 587 g/mol. The molecule has 1 fully saturated rings. The number of rotatable bonds is 17. The number of nitrogens with zero attached hydrogens (tertiary/aromatic N) is 2. The maximum absolute atomic E-state index is 12.8. The van der Waals surface area contributed by atoms with Gasteiger partial charge in [-0.05, 0) is 25.7 Å². The molecule has 0 aliphatic carbocycles. The molecule has 5 amide bonds. The van der Waals surface area contributed by atoms with Crippen molar-refractivity contribution < 1.29 is 48.9 Å². The number of carbonyl (C=O) groups is 7. The average Bonchev–Trinajstić information content (AvgIpc) is 3.40. The Bertz CT molecular complexity index is 1020. The molecule has 0 aromatic rings. The Balaban J connectivity index is 2.74. The van der Waals surface area contributed by atoms with E-state index in [1.165, 1.54) is 4.90 Å². The summed E-state index contributed by atoms with van der Waals surface area (Å²) >= 11 is 0. The lowest BCUT2D eigenvalue weighted by Gasteiger charge is -2.26. The number of carboxylic acids is 2. The van der Waals surface area contributed by atoms with Gasteiger partial charge in [0.05, 0.1) is 26.1 Å². The summed E-state index contributed by atoms with van der Waals surface area (Å²) in [4.78, 5) is 89.7. The van der Waals surface area contributed by atoms with Gasteiger partial charge in [0.25, 0.3) is 0 Å². The van der Waals surface area contributed by atoms with Crippen molar-refractivity contribution >= 4 is 47.4 Å². The number of hydrogen-bond acceptors (Lipinski definition) is 10. The zero-order valence-electron chi connectivity index (χ0n) is 22.2. The highest BCUT2D eigenvalue weighted by Gasteiger charge is 2.36. The number of likely N-dealkylation sites (tertiary alicyclic amines) is 1. The molecular formula is C22H37N9O10. The molecule has 0 aromatic heterocycles. The molecule has 19 nitrogen and oxygen atoms in total. The fraction of sp³-hybridized carbons (Fsp3) is 0.636.